The first-order valence-electron chi connectivity index (χ1n) is 7.26. The fourth-order valence-corrected chi connectivity index (χ4v) is 2.57. The van der Waals surface area contributed by atoms with Gasteiger partial charge in [-0.2, -0.15) is 13.2 Å². The van der Waals surface area contributed by atoms with Crippen LogP contribution in [-0.4, -0.2) is 61.3 Å². The maximum absolute atomic E-state index is 12.3. The number of piperazine rings is 1. The Bertz CT molecular complexity index is 414. The molecule has 6 heteroatoms. The van der Waals surface area contributed by atoms with Crippen molar-refractivity contribution in [3.8, 4) is 0 Å². The zero-order valence-corrected chi connectivity index (χ0v) is 12.2. The van der Waals surface area contributed by atoms with Crippen LogP contribution in [0.5, 0.6) is 0 Å². The largest absolute Gasteiger partial charge is 0.401 e. The molecule has 0 saturated carbocycles. The molecule has 1 unspecified atom stereocenters. The molecule has 1 aromatic carbocycles. The van der Waals surface area contributed by atoms with Crippen LogP contribution in [0.15, 0.2) is 30.3 Å². The minimum atomic E-state index is -4.09. The summed E-state index contributed by atoms with van der Waals surface area (Å²) in [7, 11) is 0. The smallest absolute Gasteiger partial charge is 0.383 e. The molecule has 1 aliphatic rings. The lowest BCUT2D eigenvalue weighted by Crippen LogP contribution is -2.52. The van der Waals surface area contributed by atoms with Crippen LogP contribution >= 0.6 is 0 Å². The molecule has 1 heterocycles. The first kappa shape index (κ1) is 16.1. The van der Waals surface area contributed by atoms with Crippen molar-refractivity contribution < 1.29 is 13.2 Å². The molecule has 0 radical (unpaired) electrons. The number of halogens is 3. The molecular weight excluding hydrogens is 279 g/mol. The van der Waals surface area contributed by atoms with E-state index in [4.69, 9.17) is 0 Å². The Kier molecular flexibility index (Phi) is 5.47. The Morgan fingerprint density at radius 1 is 1.10 bits per heavy atom. The van der Waals surface area contributed by atoms with Crippen molar-refractivity contribution in [3.05, 3.63) is 30.3 Å². The molecule has 3 nitrogen and oxygen atoms in total. The predicted molar refractivity (Wildman–Crippen MR) is 78.5 cm³/mol. The van der Waals surface area contributed by atoms with Crippen LogP contribution < -0.4 is 5.32 Å². The Morgan fingerprint density at radius 3 is 2.29 bits per heavy atom. The molecule has 0 aliphatic carbocycles. The number of nitrogens with one attached hydrogen (secondary N) is 1. The second kappa shape index (κ2) is 7.13. The SMILES string of the molecule is CC(CNc1ccccc1)N1CCN(CC(F)(F)F)CC1. The van der Waals surface area contributed by atoms with Gasteiger partial charge >= 0.3 is 6.18 Å². The van der Waals surface area contributed by atoms with E-state index in [0.717, 1.165) is 12.2 Å². The summed E-state index contributed by atoms with van der Waals surface area (Å²) in [6.45, 7) is 4.45. The second-order valence-electron chi connectivity index (χ2n) is 5.52. The van der Waals surface area contributed by atoms with Gasteiger partial charge in [-0.1, -0.05) is 18.2 Å². The van der Waals surface area contributed by atoms with Gasteiger partial charge in [0.15, 0.2) is 0 Å². The normalized spacial score (nSPS) is 19.4. The molecule has 1 aliphatic heterocycles. The number of para-hydroxylation sites is 1. The standard InChI is InChI=1S/C15H22F3N3/c1-13(11-19-14-5-3-2-4-6-14)21-9-7-20(8-10-21)12-15(16,17)18/h2-6,13,19H,7-12H2,1H3. The Hall–Kier alpha value is -1.27. The third-order valence-electron chi connectivity index (χ3n) is 3.81. The van der Waals surface area contributed by atoms with E-state index in [-0.39, 0.29) is 0 Å². The van der Waals surface area contributed by atoms with E-state index in [1.165, 1.54) is 4.90 Å². The quantitative estimate of drug-likeness (QED) is 0.902. The minimum Gasteiger partial charge on any atom is -0.383 e. The van der Waals surface area contributed by atoms with E-state index in [2.05, 4.69) is 17.1 Å². The van der Waals surface area contributed by atoms with Crippen molar-refractivity contribution in [2.24, 2.45) is 0 Å². The highest BCUT2D eigenvalue weighted by Crippen LogP contribution is 2.18. The highest BCUT2D eigenvalue weighted by atomic mass is 19.4. The molecule has 0 bridgehead atoms. The van der Waals surface area contributed by atoms with Crippen molar-refractivity contribution in [2.45, 2.75) is 19.1 Å². The minimum absolute atomic E-state index is 0.304. The third kappa shape index (κ3) is 5.55. The van der Waals surface area contributed by atoms with Crippen molar-refractivity contribution in [1.29, 1.82) is 0 Å². The van der Waals surface area contributed by atoms with E-state index in [9.17, 15) is 13.2 Å². The number of hydrogen-bond acceptors (Lipinski definition) is 3. The van der Waals surface area contributed by atoms with Gasteiger partial charge in [0.2, 0.25) is 0 Å². The fraction of sp³-hybridized carbons (Fsp3) is 0.600. The van der Waals surface area contributed by atoms with Crippen LogP contribution in [0.2, 0.25) is 0 Å². The summed E-state index contributed by atoms with van der Waals surface area (Å²) in [5.41, 5.74) is 1.07. The van der Waals surface area contributed by atoms with Crippen LogP contribution in [-0.2, 0) is 0 Å². The van der Waals surface area contributed by atoms with Gasteiger partial charge in [-0.15, -0.1) is 0 Å². The topological polar surface area (TPSA) is 18.5 Å². The van der Waals surface area contributed by atoms with Crippen LogP contribution in [0, 0.1) is 0 Å². The van der Waals surface area contributed by atoms with Gasteiger partial charge < -0.3 is 5.32 Å². The Balaban J connectivity index is 1.72. The van der Waals surface area contributed by atoms with Crippen LogP contribution in [0.1, 0.15) is 6.92 Å². The summed E-state index contributed by atoms with van der Waals surface area (Å²) in [5.74, 6) is 0. The number of benzene rings is 1. The summed E-state index contributed by atoms with van der Waals surface area (Å²) >= 11 is 0. The number of nitrogens with zero attached hydrogens (tertiary/aromatic N) is 2. The summed E-state index contributed by atoms with van der Waals surface area (Å²) in [4.78, 5) is 3.72. The molecule has 1 atom stereocenters. The Labute approximate surface area is 123 Å². The van der Waals surface area contributed by atoms with Crippen LogP contribution in [0.25, 0.3) is 0 Å². The molecule has 1 N–H and O–H groups in total. The lowest BCUT2D eigenvalue weighted by atomic mass is 10.2. The van der Waals surface area contributed by atoms with Crippen molar-refractivity contribution >= 4 is 5.69 Å². The Morgan fingerprint density at radius 2 is 1.71 bits per heavy atom. The predicted octanol–water partition coefficient (Wildman–Crippen LogP) is 2.67. The zero-order chi connectivity index (χ0) is 15.3. The first-order chi connectivity index (χ1) is 9.94. The van der Waals surface area contributed by atoms with Gasteiger partial charge in [0.05, 0.1) is 6.54 Å². The first-order valence-corrected chi connectivity index (χ1v) is 7.26. The second-order valence-corrected chi connectivity index (χ2v) is 5.52. The average molecular weight is 301 g/mol. The fourth-order valence-electron chi connectivity index (χ4n) is 2.57. The zero-order valence-electron chi connectivity index (χ0n) is 12.2. The molecule has 21 heavy (non-hydrogen) atoms. The van der Waals surface area contributed by atoms with E-state index in [0.29, 0.717) is 32.2 Å². The summed E-state index contributed by atoms with van der Waals surface area (Å²) in [6, 6.07) is 10.2. The molecular formula is C15H22F3N3. The third-order valence-corrected chi connectivity index (χ3v) is 3.81. The molecule has 118 valence electrons. The van der Waals surface area contributed by atoms with Gasteiger partial charge in [0.25, 0.3) is 0 Å². The van der Waals surface area contributed by atoms with Gasteiger partial charge in [0, 0.05) is 44.5 Å². The van der Waals surface area contributed by atoms with Gasteiger partial charge in [-0.3, -0.25) is 9.80 Å². The molecule has 1 fully saturated rings. The summed E-state index contributed by atoms with van der Waals surface area (Å²) in [5, 5.41) is 3.36. The average Bonchev–Trinajstić information content (AvgIpc) is 2.45. The van der Waals surface area contributed by atoms with Gasteiger partial charge in [-0.05, 0) is 19.1 Å². The van der Waals surface area contributed by atoms with Crippen molar-refractivity contribution in [3.63, 3.8) is 0 Å². The monoisotopic (exact) mass is 301 g/mol. The summed E-state index contributed by atoms with van der Waals surface area (Å²) in [6.07, 6.45) is -4.09. The lowest BCUT2D eigenvalue weighted by molar-refractivity contribution is -0.149. The van der Waals surface area contributed by atoms with Gasteiger partial charge in [-0.25, -0.2) is 0 Å². The lowest BCUT2D eigenvalue weighted by Gasteiger charge is -2.38. The highest BCUT2D eigenvalue weighted by Gasteiger charge is 2.32. The van der Waals surface area contributed by atoms with Crippen molar-refractivity contribution in [1.82, 2.24) is 9.80 Å². The molecule has 0 spiro atoms. The molecule has 0 aromatic heterocycles. The maximum Gasteiger partial charge on any atom is 0.401 e. The number of alkyl halides is 3. The summed E-state index contributed by atoms with van der Waals surface area (Å²) < 4.78 is 37.0. The van der Waals surface area contributed by atoms with E-state index in [1.807, 2.05) is 30.3 Å². The molecule has 1 saturated heterocycles. The highest BCUT2D eigenvalue weighted by molar-refractivity contribution is 5.42. The molecule has 2 rings (SSSR count). The van der Waals surface area contributed by atoms with E-state index in [1.54, 1.807) is 0 Å². The number of rotatable bonds is 5. The molecule has 1 aromatic rings. The number of hydrogen-bond donors (Lipinski definition) is 1. The van der Waals surface area contributed by atoms with Gasteiger partial charge in [0.1, 0.15) is 0 Å². The van der Waals surface area contributed by atoms with Crippen LogP contribution in [0.4, 0.5) is 18.9 Å². The maximum atomic E-state index is 12.3. The van der Waals surface area contributed by atoms with E-state index < -0.39 is 12.7 Å². The van der Waals surface area contributed by atoms with E-state index >= 15 is 0 Å². The number of anilines is 1. The van der Waals surface area contributed by atoms with Crippen molar-refractivity contribution in [2.75, 3.05) is 44.6 Å². The molecule has 0 amide bonds. The van der Waals surface area contributed by atoms with Crippen LogP contribution in [0.3, 0.4) is 0 Å².